The van der Waals surface area contributed by atoms with Crippen LogP contribution in [0.4, 0.5) is 5.82 Å². The molecule has 1 saturated heterocycles. The summed E-state index contributed by atoms with van der Waals surface area (Å²) in [7, 11) is 2.10. The summed E-state index contributed by atoms with van der Waals surface area (Å²) in [6.45, 7) is 1.81. The van der Waals surface area contributed by atoms with Gasteiger partial charge in [-0.15, -0.1) is 0 Å². The van der Waals surface area contributed by atoms with Gasteiger partial charge in [-0.1, -0.05) is 6.07 Å². The van der Waals surface area contributed by atoms with Crippen molar-refractivity contribution in [1.29, 1.82) is 0 Å². The summed E-state index contributed by atoms with van der Waals surface area (Å²) in [6.07, 6.45) is 11.7. The molecule has 0 bridgehead atoms. The molecule has 4 rings (SSSR count). The highest BCUT2D eigenvalue weighted by molar-refractivity contribution is 5.76. The lowest BCUT2D eigenvalue weighted by Gasteiger charge is -2.49. The Bertz CT molecular complexity index is 745. The van der Waals surface area contributed by atoms with Crippen molar-refractivity contribution in [3.63, 3.8) is 0 Å². The summed E-state index contributed by atoms with van der Waals surface area (Å²) in [5.74, 6) is 1.25. The number of rotatable bonds is 5. The molecule has 6 nitrogen and oxygen atoms in total. The maximum absolute atomic E-state index is 12.6. The highest BCUT2D eigenvalue weighted by atomic mass is 16.2. The molecule has 0 N–H and O–H groups in total. The van der Waals surface area contributed by atoms with E-state index in [9.17, 15) is 4.79 Å². The van der Waals surface area contributed by atoms with E-state index >= 15 is 0 Å². The van der Waals surface area contributed by atoms with E-state index in [4.69, 9.17) is 0 Å². The number of likely N-dealkylation sites (tertiary alicyclic amines) is 1. The average Bonchev–Trinajstić information content (AvgIpc) is 3.12. The molecule has 3 heterocycles. The van der Waals surface area contributed by atoms with Crippen LogP contribution in [0.25, 0.3) is 0 Å². The van der Waals surface area contributed by atoms with Crippen LogP contribution in [0.5, 0.6) is 0 Å². The molecular weight excluding hydrogens is 326 g/mol. The molecule has 136 valence electrons. The smallest absolute Gasteiger partial charge is 0.222 e. The first-order valence-corrected chi connectivity index (χ1v) is 9.31. The summed E-state index contributed by atoms with van der Waals surface area (Å²) >= 11 is 0. The quantitative estimate of drug-likeness (QED) is 0.827. The van der Waals surface area contributed by atoms with Gasteiger partial charge in [0.1, 0.15) is 12.1 Å². The Morgan fingerprint density at radius 2 is 2.19 bits per heavy atom. The van der Waals surface area contributed by atoms with Crippen LogP contribution >= 0.6 is 0 Å². The number of anilines is 1. The highest BCUT2D eigenvalue weighted by Gasteiger charge is 2.50. The highest BCUT2D eigenvalue weighted by Crippen LogP contribution is 2.50. The molecule has 2 fully saturated rings. The molecule has 0 unspecified atom stereocenters. The Labute approximate surface area is 154 Å². The van der Waals surface area contributed by atoms with Gasteiger partial charge in [-0.25, -0.2) is 9.97 Å². The van der Waals surface area contributed by atoms with Crippen LogP contribution in [0.3, 0.4) is 0 Å². The van der Waals surface area contributed by atoms with Crippen LogP contribution in [-0.2, 0) is 11.2 Å². The number of aryl methyl sites for hydroxylation is 1. The van der Waals surface area contributed by atoms with Crippen molar-refractivity contribution in [3.8, 4) is 0 Å². The molecule has 0 atom stereocenters. The summed E-state index contributed by atoms with van der Waals surface area (Å²) in [5, 5.41) is 0. The zero-order chi connectivity index (χ0) is 18.0. The number of carbonyl (C=O) groups excluding carboxylic acids is 1. The van der Waals surface area contributed by atoms with Crippen molar-refractivity contribution in [2.24, 2.45) is 5.41 Å². The van der Waals surface area contributed by atoms with Gasteiger partial charge >= 0.3 is 0 Å². The van der Waals surface area contributed by atoms with Crippen LogP contribution in [0.15, 0.2) is 43.1 Å². The van der Waals surface area contributed by atoms with Gasteiger partial charge in [-0.05, 0) is 48.8 Å². The first-order chi connectivity index (χ1) is 12.7. The van der Waals surface area contributed by atoms with Crippen molar-refractivity contribution in [3.05, 3.63) is 48.7 Å². The minimum atomic E-state index is 0.276. The normalized spacial score (nSPS) is 24.5. The van der Waals surface area contributed by atoms with E-state index in [1.54, 1.807) is 18.7 Å². The van der Waals surface area contributed by atoms with Crippen molar-refractivity contribution in [2.75, 3.05) is 25.0 Å². The molecular formula is C20H25N5O. The lowest BCUT2D eigenvalue weighted by Crippen LogP contribution is -2.51. The molecule has 1 spiro atoms. The van der Waals surface area contributed by atoms with Crippen LogP contribution in [0, 0.1) is 5.41 Å². The van der Waals surface area contributed by atoms with E-state index in [1.165, 1.54) is 0 Å². The lowest BCUT2D eigenvalue weighted by atomic mass is 9.64. The molecule has 1 aliphatic carbocycles. The molecule has 2 aromatic heterocycles. The second-order valence-corrected chi connectivity index (χ2v) is 7.67. The zero-order valence-corrected chi connectivity index (χ0v) is 15.2. The fourth-order valence-electron chi connectivity index (χ4n) is 4.33. The van der Waals surface area contributed by atoms with E-state index in [1.807, 2.05) is 24.4 Å². The number of aromatic nitrogens is 3. The molecule has 0 aromatic carbocycles. The standard InChI is InChI=1S/C20H25N5O/c1-24(18-6-9-22-15-23-18)17-11-20(12-17)7-10-25(14-20)19(26)5-4-16-3-2-8-21-13-16/h2-3,6,8-9,13,15,17H,4-5,7,10-12,14H2,1H3. The fourth-order valence-corrected chi connectivity index (χ4v) is 4.33. The second kappa shape index (κ2) is 7.02. The van der Waals surface area contributed by atoms with E-state index < -0.39 is 0 Å². The fraction of sp³-hybridized carbons (Fsp3) is 0.500. The van der Waals surface area contributed by atoms with Gasteiger partial charge in [-0.2, -0.15) is 0 Å². The number of nitrogens with zero attached hydrogens (tertiary/aromatic N) is 5. The predicted octanol–water partition coefficient (Wildman–Crippen LogP) is 2.32. The molecule has 1 aliphatic heterocycles. The van der Waals surface area contributed by atoms with Gasteiger partial charge in [0, 0.05) is 51.2 Å². The van der Waals surface area contributed by atoms with Crippen molar-refractivity contribution in [1.82, 2.24) is 19.9 Å². The van der Waals surface area contributed by atoms with E-state index in [2.05, 4.69) is 31.8 Å². The number of carbonyl (C=O) groups is 1. The van der Waals surface area contributed by atoms with Gasteiger partial charge in [0.05, 0.1) is 0 Å². The maximum atomic E-state index is 12.6. The molecule has 6 heteroatoms. The van der Waals surface area contributed by atoms with Gasteiger partial charge in [-0.3, -0.25) is 9.78 Å². The van der Waals surface area contributed by atoms with Gasteiger partial charge in [0.25, 0.3) is 0 Å². The zero-order valence-electron chi connectivity index (χ0n) is 15.2. The molecule has 1 amide bonds. The monoisotopic (exact) mass is 351 g/mol. The molecule has 1 saturated carbocycles. The third-order valence-corrected chi connectivity index (χ3v) is 5.95. The topological polar surface area (TPSA) is 62.2 Å². The molecule has 26 heavy (non-hydrogen) atoms. The van der Waals surface area contributed by atoms with Crippen LogP contribution in [0.2, 0.25) is 0 Å². The SMILES string of the molecule is CN(c1ccncn1)C1CC2(CCN(C(=O)CCc3cccnc3)C2)C1. The van der Waals surface area contributed by atoms with Gasteiger partial charge < -0.3 is 9.80 Å². The van der Waals surface area contributed by atoms with Crippen molar-refractivity contribution in [2.45, 2.75) is 38.1 Å². The van der Waals surface area contributed by atoms with Gasteiger partial charge in [0.15, 0.2) is 0 Å². The second-order valence-electron chi connectivity index (χ2n) is 7.67. The van der Waals surface area contributed by atoms with E-state index in [-0.39, 0.29) is 5.91 Å². The first kappa shape index (κ1) is 16.9. The van der Waals surface area contributed by atoms with Crippen molar-refractivity contribution < 1.29 is 4.79 Å². The number of pyridine rings is 1. The van der Waals surface area contributed by atoms with Crippen LogP contribution in [0.1, 0.15) is 31.2 Å². The Morgan fingerprint density at radius 3 is 2.92 bits per heavy atom. The minimum absolute atomic E-state index is 0.276. The molecule has 2 aromatic rings. The maximum Gasteiger partial charge on any atom is 0.222 e. The third-order valence-electron chi connectivity index (χ3n) is 5.95. The van der Waals surface area contributed by atoms with Gasteiger partial charge in [0.2, 0.25) is 5.91 Å². The summed E-state index contributed by atoms with van der Waals surface area (Å²) < 4.78 is 0. The Morgan fingerprint density at radius 1 is 1.31 bits per heavy atom. The third kappa shape index (κ3) is 3.41. The summed E-state index contributed by atoms with van der Waals surface area (Å²) in [4.78, 5) is 29.3. The Balaban J connectivity index is 1.27. The largest absolute Gasteiger partial charge is 0.357 e. The molecule has 0 radical (unpaired) electrons. The number of amides is 1. The predicted molar refractivity (Wildman–Crippen MR) is 99.6 cm³/mol. The Hall–Kier alpha value is -2.50. The minimum Gasteiger partial charge on any atom is -0.357 e. The summed E-state index contributed by atoms with van der Waals surface area (Å²) in [5.41, 5.74) is 1.44. The lowest BCUT2D eigenvalue weighted by molar-refractivity contribution is -0.130. The molecule has 2 aliphatic rings. The van der Waals surface area contributed by atoms with Crippen LogP contribution < -0.4 is 4.90 Å². The Kier molecular flexibility index (Phi) is 4.57. The average molecular weight is 351 g/mol. The van der Waals surface area contributed by atoms with Crippen molar-refractivity contribution >= 4 is 11.7 Å². The van der Waals surface area contributed by atoms with E-state index in [0.717, 1.165) is 50.2 Å². The van der Waals surface area contributed by atoms with E-state index in [0.29, 0.717) is 17.9 Å². The summed E-state index contributed by atoms with van der Waals surface area (Å²) in [6, 6.07) is 6.42. The van der Waals surface area contributed by atoms with Crippen LogP contribution in [-0.4, -0.2) is 51.9 Å². The first-order valence-electron chi connectivity index (χ1n) is 9.31. The number of hydrogen-bond acceptors (Lipinski definition) is 5. The number of hydrogen-bond donors (Lipinski definition) is 0.